The summed E-state index contributed by atoms with van der Waals surface area (Å²) in [7, 11) is 3.11. The van der Waals surface area contributed by atoms with Gasteiger partial charge >= 0.3 is 6.18 Å². The molecule has 0 aliphatic carbocycles. The van der Waals surface area contributed by atoms with Crippen LogP contribution in [-0.4, -0.2) is 34.9 Å². The van der Waals surface area contributed by atoms with Gasteiger partial charge in [-0.3, -0.25) is 9.78 Å². The fraction of sp³-hybridized carbons (Fsp3) is 0.214. The molecule has 4 nitrogen and oxygen atoms in total. The molecule has 0 spiro atoms. The maximum Gasteiger partial charge on any atom is 0.416 e. The van der Waals surface area contributed by atoms with Crippen LogP contribution in [0.1, 0.15) is 16.1 Å². The third-order valence-electron chi connectivity index (χ3n) is 2.75. The van der Waals surface area contributed by atoms with Gasteiger partial charge in [-0.15, -0.1) is 0 Å². The van der Waals surface area contributed by atoms with Crippen molar-refractivity contribution in [2.24, 2.45) is 0 Å². The summed E-state index contributed by atoms with van der Waals surface area (Å²) in [5.74, 6) is -0.365. The van der Waals surface area contributed by atoms with Crippen molar-refractivity contribution in [1.82, 2.24) is 14.9 Å². The summed E-state index contributed by atoms with van der Waals surface area (Å²) in [6.07, 6.45) is -1.83. The van der Waals surface area contributed by atoms with Crippen LogP contribution in [0, 0.1) is 0 Å². The first-order valence-electron chi connectivity index (χ1n) is 6.00. The quantitative estimate of drug-likeness (QED) is 0.856. The van der Waals surface area contributed by atoms with Gasteiger partial charge in [0.25, 0.3) is 5.91 Å². The minimum atomic E-state index is -4.43. The van der Waals surface area contributed by atoms with E-state index in [4.69, 9.17) is 0 Å². The lowest BCUT2D eigenvalue weighted by Gasteiger charge is -2.11. The number of benzene rings is 1. The van der Waals surface area contributed by atoms with E-state index in [9.17, 15) is 18.0 Å². The average molecular weight is 295 g/mol. The lowest BCUT2D eigenvalue weighted by atomic mass is 10.1. The Kier molecular flexibility index (Phi) is 3.93. The van der Waals surface area contributed by atoms with Crippen molar-refractivity contribution in [3.05, 3.63) is 47.9 Å². The monoisotopic (exact) mass is 295 g/mol. The van der Waals surface area contributed by atoms with Gasteiger partial charge in [-0.25, -0.2) is 4.98 Å². The van der Waals surface area contributed by atoms with Crippen LogP contribution in [0.15, 0.2) is 36.7 Å². The highest BCUT2D eigenvalue weighted by molar-refractivity contribution is 5.92. The number of hydrogen-bond acceptors (Lipinski definition) is 3. The molecule has 7 heteroatoms. The second-order valence-corrected chi connectivity index (χ2v) is 4.57. The van der Waals surface area contributed by atoms with E-state index in [2.05, 4.69) is 9.97 Å². The number of aromatic nitrogens is 2. The Morgan fingerprint density at radius 1 is 1.19 bits per heavy atom. The standard InChI is InChI=1S/C14H12F3N3O/c1-20(2)13(21)12-8-18-7-11(19-12)9-4-3-5-10(6-9)14(15,16)17/h3-8H,1-2H3. The van der Waals surface area contributed by atoms with E-state index in [0.717, 1.165) is 12.1 Å². The maximum absolute atomic E-state index is 12.7. The van der Waals surface area contributed by atoms with E-state index in [0.29, 0.717) is 0 Å². The molecule has 1 aromatic heterocycles. The van der Waals surface area contributed by atoms with Crippen LogP contribution >= 0.6 is 0 Å². The van der Waals surface area contributed by atoms with Crippen molar-refractivity contribution < 1.29 is 18.0 Å². The smallest absolute Gasteiger partial charge is 0.343 e. The molecule has 0 saturated heterocycles. The molecule has 0 N–H and O–H groups in total. The fourth-order valence-electron chi connectivity index (χ4n) is 1.69. The third-order valence-corrected chi connectivity index (χ3v) is 2.75. The second kappa shape index (κ2) is 5.51. The molecule has 21 heavy (non-hydrogen) atoms. The molecule has 0 fully saturated rings. The Hall–Kier alpha value is -2.44. The molecule has 1 amide bonds. The predicted molar refractivity (Wildman–Crippen MR) is 70.5 cm³/mol. The summed E-state index contributed by atoms with van der Waals surface area (Å²) in [6, 6.07) is 4.74. The summed E-state index contributed by atoms with van der Waals surface area (Å²) >= 11 is 0. The second-order valence-electron chi connectivity index (χ2n) is 4.57. The van der Waals surface area contributed by atoms with Gasteiger partial charge in [0.2, 0.25) is 0 Å². The first-order valence-corrected chi connectivity index (χ1v) is 6.00. The molecule has 0 aliphatic rings. The average Bonchev–Trinajstić information content (AvgIpc) is 2.46. The number of carbonyl (C=O) groups is 1. The highest BCUT2D eigenvalue weighted by Crippen LogP contribution is 2.31. The molecule has 0 saturated carbocycles. The number of alkyl halides is 3. The summed E-state index contributed by atoms with van der Waals surface area (Å²) in [5.41, 5.74) is -0.222. The lowest BCUT2D eigenvalue weighted by Crippen LogP contribution is -2.23. The predicted octanol–water partition coefficient (Wildman–Crippen LogP) is 2.86. The SMILES string of the molecule is CN(C)C(=O)c1cncc(-c2cccc(C(F)(F)F)c2)n1. The fourth-order valence-corrected chi connectivity index (χ4v) is 1.69. The molecule has 0 unspecified atom stereocenters. The molecule has 2 rings (SSSR count). The zero-order chi connectivity index (χ0) is 15.6. The largest absolute Gasteiger partial charge is 0.416 e. The summed E-state index contributed by atoms with van der Waals surface area (Å²) in [6.45, 7) is 0. The zero-order valence-electron chi connectivity index (χ0n) is 11.3. The van der Waals surface area contributed by atoms with Crippen molar-refractivity contribution in [3.63, 3.8) is 0 Å². The molecule has 0 bridgehead atoms. The Morgan fingerprint density at radius 3 is 2.52 bits per heavy atom. The molecule has 1 aromatic carbocycles. The van der Waals surface area contributed by atoms with Crippen molar-refractivity contribution in [3.8, 4) is 11.3 Å². The van der Waals surface area contributed by atoms with Gasteiger partial charge < -0.3 is 4.90 Å². The first kappa shape index (κ1) is 15.0. The van der Waals surface area contributed by atoms with Crippen molar-refractivity contribution in [1.29, 1.82) is 0 Å². The molecule has 110 valence electrons. The summed E-state index contributed by atoms with van der Waals surface area (Å²) < 4.78 is 38.1. The number of hydrogen-bond donors (Lipinski definition) is 0. The Morgan fingerprint density at radius 2 is 1.90 bits per heavy atom. The molecular formula is C14H12F3N3O. The van der Waals surface area contributed by atoms with Crippen LogP contribution in [0.4, 0.5) is 13.2 Å². The molecule has 2 aromatic rings. The maximum atomic E-state index is 12.7. The number of nitrogens with zero attached hydrogens (tertiary/aromatic N) is 3. The van der Waals surface area contributed by atoms with Gasteiger partial charge in [0, 0.05) is 19.7 Å². The number of carbonyl (C=O) groups excluding carboxylic acids is 1. The van der Waals surface area contributed by atoms with Crippen LogP contribution in [0.5, 0.6) is 0 Å². The van der Waals surface area contributed by atoms with Crippen LogP contribution in [0.2, 0.25) is 0 Å². The molecule has 0 aliphatic heterocycles. The van der Waals surface area contributed by atoms with Crippen molar-refractivity contribution in [2.45, 2.75) is 6.18 Å². The van der Waals surface area contributed by atoms with E-state index in [1.165, 1.54) is 29.4 Å². The highest BCUT2D eigenvalue weighted by atomic mass is 19.4. The van der Waals surface area contributed by atoms with Gasteiger partial charge in [0.05, 0.1) is 23.7 Å². The number of halogens is 3. The summed E-state index contributed by atoms with van der Waals surface area (Å²) in [4.78, 5) is 21.0. The van der Waals surface area contributed by atoms with Gasteiger partial charge in [0.15, 0.2) is 0 Å². The number of rotatable bonds is 2. The molecule has 1 heterocycles. The van der Waals surface area contributed by atoms with Crippen LogP contribution < -0.4 is 0 Å². The topological polar surface area (TPSA) is 46.1 Å². The minimum absolute atomic E-state index is 0.0786. The Bertz CT molecular complexity index is 669. The lowest BCUT2D eigenvalue weighted by molar-refractivity contribution is -0.137. The van der Waals surface area contributed by atoms with Crippen LogP contribution in [0.25, 0.3) is 11.3 Å². The van der Waals surface area contributed by atoms with E-state index < -0.39 is 11.7 Å². The zero-order valence-corrected chi connectivity index (χ0v) is 11.3. The first-order chi connectivity index (χ1) is 9.79. The van der Waals surface area contributed by atoms with E-state index >= 15 is 0 Å². The highest BCUT2D eigenvalue weighted by Gasteiger charge is 2.30. The van der Waals surface area contributed by atoms with Crippen molar-refractivity contribution >= 4 is 5.91 Å². The minimum Gasteiger partial charge on any atom is -0.343 e. The normalized spacial score (nSPS) is 11.3. The van der Waals surface area contributed by atoms with Gasteiger partial charge in [-0.2, -0.15) is 13.2 Å². The van der Waals surface area contributed by atoms with Crippen LogP contribution in [-0.2, 0) is 6.18 Å². The molecule has 0 atom stereocenters. The van der Waals surface area contributed by atoms with Gasteiger partial charge in [-0.05, 0) is 12.1 Å². The van der Waals surface area contributed by atoms with Crippen LogP contribution in [0.3, 0.4) is 0 Å². The Balaban J connectivity index is 2.43. The molecular weight excluding hydrogens is 283 g/mol. The van der Waals surface area contributed by atoms with E-state index in [-0.39, 0.29) is 22.9 Å². The van der Waals surface area contributed by atoms with Gasteiger partial charge in [-0.1, -0.05) is 12.1 Å². The molecule has 0 radical (unpaired) electrons. The van der Waals surface area contributed by atoms with Gasteiger partial charge in [0.1, 0.15) is 5.69 Å². The van der Waals surface area contributed by atoms with E-state index in [1.807, 2.05) is 0 Å². The van der Waals surface area contributed by atoms with Crippen molar-refractivity contribution in [2.75, 3.05) is 14.1 Å². The Labute approximate surface area is 119 Å². The summed E-state index contributed by atoms with van der Waals surface area (Å²) in [5, 5.41) is 0. The van der Waals surface area contributed by atoms with E-state index in [1.54, 1.807) is 14.1 Å². The third kappa shape index (κ3) is 3.36. The number of amides is 1.